The zero-order valence-electron chi connectivity index (χ0n) is 16.2. The molecule has 1 nitrogen and oxygen atoms in total. The number of benzene rings is 2. The van der Waals surface area contributed by atoms with Crippen molar-refractivity contribution in [2.45, 2.75) is 46.5 Å². The summed E-state index contributed by atoms with van der Waals surface area (Å²) in [5.41, 5.74) is 6.63. The molecule has 0 saturated carbocycles. The first-order valence-corrected chi connectivity index (χ1v) is 9.49. The van der Waals surface area contributed by atoms with Crippen molar-refractivity contribution >= 4 is 6.08 Å². The lowest BCUT2D eigenvalue weighted by molar-refractivity contribution is 0.475. The van der Waals surface area contributed by atoms with Crippen LogP contribution in [0.2, 0.25) is 0 Å². The third kappa shape index (κ3) is 6.40. The number of phenolic OH excluding ortho intramolecular Hbond substituents is 1. The van der Waals surface area contributed by atoms with Crippen molar-refractivity contribution in [2.24, 2.45) is 0 Å². The molecule has 26 heavy (non-hydrogen) atoms. The second kappa shape index (κ2) is 10.5. The summed E-state index contributed by atoms with van der Waals surface area (Å²) in [7, 11) is 0. The van der Waals surface area contributed by atoms with Gasteiger partial charge in [-0.25, -0.2) is 0 Å². The Morgan fingerprint density at radius 1 is 0.962 bits per heavy atom. The molecule has 1 heteroatoms. The minimum atomic E-state index is 0.320. The maximum Gasteiger partial charge on any atom is 0.115 e. The van der Waals surface area contributed by atoms with Crippen molar-refractivity contribution in [2.75, 3.05) is 0 Å². The van der Waals surface area contributed by atoms with Gasteiger partial charge in [0.25, 0.3) is 0 Å². The van der Waals surface area contributed by atoms with Gasteiger partial charge in [0.05, 0.1) is 0 Å². The van der Waals surface area contributed by atoms with Gasteiger partial charge in [-0.15, -0.1) is 0 Å². The zero-order chi connectivity index (χ0) is 18.8. The van der Waals surface area contributed by atoms with E-state index in [1.165, 1.54) is 22.3 Å². The van der Waals surface area contributed by atoms with E-state index < -0.39 is 0 Å². The van der Waals surface area contributed by atoms with Crippen LogP contribution in [0.5, 0.6) is 5.75 Å². The van der Waals surface area contributed by atoms with Gasteiger partial charge < -0.3 is 5.11 Å². The van der Waals surface area contributed by atoms with Crippen molar-refractivity contribution in [1.29, 1.82) is 0 Å². The van der Waals surface area contributed by atoms with Crippen LogP contribution in [-0.4, -0.2) is 5.11 Å². The number of hydrogen-bond acceptors (Lipinski definition) is 1. The van der Waals surface area contributed by atoms with Gasteiger partial charge >= 0.3 is 0 Å². The monoisotopic (exact) mass is 346 g/mol. The van der Waals surface area contributed by atoms with E-state index in [-0.39, 0.29) is 0 Å². The van der Waals surface area contributed by atoms with Crippen molar-refractivity contribution in [3.63, 3.8) is 0 Å². The van der Waals surface area contributed by atoms with Crippen LogP contribution >= 0.6 is 0 Å². The van der Waals surface area contributed by atoms with Crippen LogP contribution in [0, 0.1) is 13.8 Å². The van der Waals surface area contributed by atoms with E-state index in [1.54, 1.807) is 12.1 Å². The molecular formula is C25H30O. The van der Waals surface area contributed by atoms with Crippen LogP contribution in [0.25, 0.3) is 6.08 Å². The third-order valence-corrected chi connectivity index (χ3v) is 4.54. The van der Waals surface area contributed by atoms with Crippen LogP contribution in [0.1, 0.15) is 49.3 Å². The van der Waals surface area contributed by atoms with Gasteiger partial charge in [0.2, 0.25) is 0 Å². The van der Waals surface area contributed by atoms with E-state index in [2.05, 4.69) is 69.3 Å². The van der Waals surface area contributed by atoms with Crippen molar-refractivity contribution in [3.8, 4) is 5.75 Å². The molecule has 0 aromatic heterocycles. The third-order valence-electron chi connectivity index (χ3n) is 4.54. The zero-order valence-corrected chi connectivity index (χ0v) is 16.2. The minimum Gasteiger partial charge on any atom is -0.508 e. The number of phenols is 1. The van der Waals surface area contributed by atoms with Gasteiger partial charge in [0.1, 0.15) is 5.75 Å². The average Bonchev–Trinajstić information content (AvgIpc) is 2.67. The molecule has 1 aliphatic carbocycles. The number of rotatable bonds is 4. The molecule has 0 atom stereocenters. The van der Waals surface area contributed by atoms with Crippen molar-refractivity contribution in [1.82, 2.24) is 0 Å². The van der Waals surface area contributed by atoms with Gasteiger partial charge in [-0.1, -0.05) is 74.0 Å². The lowest BCUT2D eigenvalue weighted by Crippen LogP contribution is -1.91. The molecule has 0 fully saturated rings. The summed E-state index contributed by atoms with van der Waals surface area (Å²) < 4.78 is 0. The highest BCUT2D eigenvalue weighted by Crippen LogP contribution is 2.25. The van der Waals surface area contributed by atoms with Gasteiger partial charge in [-0.05, 0) is 73.1 Å². The molecule has 3 rings (SSSR count). The highest BCUT2D eigenvalue weighted by atomic mass is 16.3. The molecule has 0 heterocycles. The Balaban J connectivity index is 0.000000254. The molecule has 0 aliphatic heterocycles. The predicted octanol–water partition coefficient (Wildman–Crippen LogP) is 7.16. The Bertz CT molecular complexity index is 755. The molecule has 136 valence electrons. The molecule has 1 aliphatic rings. The summed E-state index contributed by atoms with van der Waals surface area (Å²) in [5.74, 6) is 0.320. The van der Waals surface area contributed by atoms with Gasteiger partial charge in [-0.3, -0.25) is 0 Å². The SMILES string of the molecule is CCC/C(=C/c1ccc(O)cc1)C1=CCCC=C1.Cc1ccccc1C. The number of aryl methyl sites for hydroxylation is 2. The first-order valence-electron chi connectivity index (χ1n) is 9.49. The van der Waals surface area contributed by atoms with Crippen molar-refractivity contribution in [3.05, 3.63) is 94.6 Å². The summed E-state index contributed by atoms with van der Waals surface area (Å²) in [6, 6.07) is 15.7. The molecule has 2 aromatic carbocycles. The highest BCUT2D eigenvalue weighted by Gasteiger charge is 2.04. The molecule has 2 aromatic rings. The second-order valence-corrected chi connectivity index (χ2v) is 6.73. The summed E-state index contributed by atoms with van der Waals surface area (Å²) in [6.45, 7) is 6.45. The highest BCUT2D eigenvalue weighted by molar-refractivity contribution is 5.61. The summed E-state index contributed by atoms with van der Waals surface area (Å²) in [6.07, 6.45) is 13.6. The fraction of sp³-hybridized carbons (Fsp3) is 0.280. The predicted molar refractivity (Wildman–Crippen MR) is 113 cm³/mol. The van der Waals surface area contributed by atoms with E-state index in [4.69, 9.17) is 0 Å². The Hall–Kier alpha value is -2.54. The quantitative estimate of drug-likeness (QED) is 0.623. The molecule has 0 saturated heterocycles. The van der Waals surface area contributed by atoms with Crippen LogP contribution in [0.15, 0.2) is 77.9 Å². The van der Waals surface area contributed by atoms with Gasteiger partial charge in [-0.2, -0.15) is 0 Å². The van der Waals surface area contributed by atoms with E-state index in [1.807, 2.05) is 12.1 Å². The fourth-order valence-corrected chi connectivity index (χ4v) is 2.86. The average molecular weight is 347 g/mol. The summed E-state index contributed by atoms with van der Waals surface area (Å²) in [4.78, 5) is 0. The Morgan fingerprint density at radius 3 is 2.12 bits per heavy atom. The Morgan fingerprint density at radius 2 is 1.62 bits per heavy atom. The normalized spacial score (nSPS) is 13.7. The fourth-order valence-electron chi connectivity index (χ4n) is 2.86. The molecule has 1 N–H and O–H groups in total. The standard InChI is InChI=1S/C17H20O.C8H10/c1-2-6-16(15-7-4-3-5-8-15)13-14-9-11-17(18)12-10-14;1-7-5-3-4-6-8(7)2/h4,7-13,18H,2-3,5-6H2,1H3;3-6H,1-2H3/b16-13-;. The summed E-state index contributed by atoms with van der Waals surface area (Å²) in [5, 5.41) is 9.30. The van der Waals surface area contributed by atoms with Crippen LogP contribution in [0.4, 0.5) is 0 Å². The number of hydrogen-bond donors (Lipinski definition) is 1. The molecule has 0 radical (unpaired) electrons. The van der Waals surface area contributed by atoms with E-state index >= 15 is 0 Å². The van der Waals surface area contributed by atoms with E-state index in [9.17, 15) is 5.11 Å². The smallest absolute Gasteiger partial charge is 0.115 e. The molecule has 0 spiro atoms. The van der Waals surface area contributed by atoms with Gasteiger partial charge in [0.15, 0.2) is 0 Å². The topological polar surface area (TPSA) is 20.2 Å². The Kier molecular flexibility index (Phi) is 7.95. The van der Waals surface area contributed by atoms with E-state index in [0.717, 1.165) is 31.2 Å². The maximum absolute atomic E-state index is 9.30. The van der Waals surface area contributed by atoms with Crippen molar-refractivity contribution < 1.29 is 5.11 Å². The lowest BCUT2D eigenvalue weighted by atomic mass is 9.94. The maximum atomic E-state index is 9.30. The lowest BCUT2D eigenvalue weighted by Gasteiger charge is -2.11. The second-order valence-electron chi connectivity index (χ2n) is 6.73. The van der Waals surface area contributed by atoms with Crippen LogP contribution < -0.4 is 0 Å². The molecule has 0 amide bonds. The largest absolute Gasteiger partial charge is 0.508 e. The number of allylic oxidation sites excluding steroid dienone is 5. The van der Waals surface area contributed by atoms with E-state index in [0.29, 0.717) is 5.75 Å². The first kappa shape index (κ1) is 19.8. The molecule has 0 unspecified atom stereocenters. The summed E-state index contributed by atoms with van der Waals surface area (Å²) >= 11 is 0. The molecule has 0 bridgehead atoms. The number of aromatic hydroxyl groups is 1. The molecular weight excluding hydrogens is 316 g/mol. The first-order chi connectivity index (χ1) is 12.6. The van der Waals surface area contributed by atoms with Crippen LogP contribution in [-0.2, 0) is 0 Å². The Labute approximate surface area is 158 Å². The minimum absolute atomic E-state index is 0.320. The van der Waals surface area contributed by atoms with Crippen LogP contribution in [0.3, 0.4) is 0 Å². The van der Waals surface area contributed by atoms with Gasteiger partial charge in [0, 0.05) is 0 Å².